The fourth-order valence-corrected chi connectivity index (χ4v) is 4.21. The van der Waals surface area contributed by atoms with Gasteiger partial charge in [0.15, 0.2) is 0 Å². The average Bonchev–Trinajstić information content (AvgIpc) is 2.91. The number of likely N-dealkylation sites (N-methyl/N-ethyl adjacent to an activating group) is 1. The molecule has 2 N–H and O–H groups in total. The van der Waals surface area contributed by atoms with Gasteiger partial charge in [-0.15, -0.1) is 0 Å². The fraction of sp³-hybridized carbons (Fsp3) is 0.682. The molecule has 1 unspecified atom stereocenters. The lowest BCUT2D eigenvalue weighted by molar-refractivity contribution is -0.120. The van der Waals surface area contributed by atoms with Gasteiger partial charge in [-0.05, 0) is 37.6 Å². The van der Waals surface area contributed by atoms with E-state index in [1.165, 1.54) is 37.7 Å². The molecule has 1 atom stereocenters. The van der Waals surface area contributed by atoms with Crippen LogP contribution in [0.25, 0.3) is 0 Å². The number of nitrogens with one attached hydrogen (secondary N) is 1. The standard InChI is InChI=1S/C22H35N3O3/c1-24(19-7-3-2-4-8-19)16-20(26)17-28-21-9-5-6-18(14-21)15-25-12-10-22(27)23-11-13-25/h5-6,9,14,19-20,26H,2-4,7-8,10-13,15-17H2,1H3,(H,23,27). The summed E-state index contributed by atoms with van der Waals surface area (Å²) in [6, 6.07) is 8.65. The average molecular weight is 390 g/mol. The second-order valence-corrected chi connectivity index (χ2v) is 8.22. The summed E-state index contributed by atoms with van der Waals surface area (Å²) in [5.41, 5.74) is 1.17. The number of hydrogen-bond acceptors (Lipinski definition) is 5. The van der Waals surface area contributed by atoms with Crippen LogP contribution in [-0.2, 0) is 11.3 Å². The SMILES string of the molecule is CN(CC(O)COc1cccc(CN2CCNC(=O)CC2)c1)C1CCCCC1. The fourth-order valence-electron chi connectivity index (χ4n) is 4.21. The van der Waals surface area contributed by atoms with E-state index in [4.69, 9.17) is 4.74 Å². The van der Waals surface area contributed by atoms with Crippen LogP contribution < -0.4 is 10.1 Å². The van der Waals surface area contributed by atoms with Crippen LogP contribution in [0.1, 0.15) is 44.1 Å². The number of ether oxygens (including phenoxy) is 1. The Morgan fingerprint density at radius 1 is 1.29 bits per heavy atom. The molecule has 0 aromatic heterocycles. The third-order valence-corrected chi connectivity index (χ3v) is 5.85. The number of nitrogens with zero attached hydrogens (tertiary/aromatic N) is 2. The van der Waals surface area contributed by atoms with E-state index >= 15 is 0 Å². The molecule has 1 amide bonds. The highest BCUT2D eigenvalue weighted by Gasteiger charge is 2.20. The normalized spacial score (nSPS) is 20.6. The zero-order chi connectivity index (χ0) is 19.8. The van der Waals surface area contributed by atoms with Gasteiger partial charge in [-0.25, -0.2) is 0 Å². The second kappa shape index (κ2) is 10.8. The predicted octanol–water partition coefficient (Wildman–Crippen LogP) is 2.01. The van der Waals surface area contributed by atoms with Gasteiger partial charge in [-0.1, -0.05) is 31.4 Å². The molecule has 2 aliphatic rings. The highest BCUT2D eigenvalue weighted by molar-refractivity contribution is 5.76. The molecule has 6 nitrogen and oxygen atoms in total. The number of carbonyl (C=O) groups excluding carboxylic acids is 1. The van der Waals surface area contributed by atoms with E-state index in [9.17, 15) is 9.90 Å². The van der Waals surface area contributed by atoms with E-state index in [-0.39, 0.29) is 5.91 Å². The molecule has 1 saturated heterocycles. The first-order chi connectivity index (χ1) is 13.6. The Morgan fingerprint density at radius 2 is 2.11 bits per heavy atom. The van der Waals surface area contributed by atoms with Crippen molar-refractivity contribution in [1.82, 2.24) is 15.1 Å². The topological polar surface area (TPSA) is 65.0 Å². The molecular weight excluding hydrogens is 354 g/mol. The molecule has 1 heterocycles. The predicted molar refractivity (Wildman–Crippen MR) is 110 cm³/mol. The largest absolute Gasteiger partial charge is 0.491 e. The Labute approximate surface area is 168 Å². The van der Waals surface area contributed by atoms with E-state index in [1.54, 1.807) is 0 Å². The van der Waals surface area contributed by atoms with Gasteiger partial charge >= 0.3 is 0 Å². The number of rotatable bonds is 8. The van der Waals surface area contributed by atoms with Crippen molar-refractivity contribution in [2.24, 2.45) is 0 Å². The maximum atomic E-state index is 11.5. The Bertz CT molecular complexity index is 619. The molecule has 156 valence electrons. The van der Waals surface area contributed by atoms with Crippen LogP contribution in [-0.4, -0.2) is 72.8 Å². The van der Waals surface area contributed by atoms with E-state index in [1.807, 2.05) is 18.2 Å². The first kappa shape index (κ1) is 21.1. The van der Waals surface area contributed by atoms with Gasteiger partial charge < -0.3 is 20.1 Å². The van der Waals surface area contributed by atoms with Gasteiger partial charge in [0.05, 0.1) is 0 Å². The number of carbonyl (C=O) groups is 1. The molecule has 0 spiro atoms. The summed E-state index contributed by atoms with van der Waals surface area (Å²) in [7, 11) is 2.11. The molecule has 3 rings (SSSR count). The maximum Gasteiger partial charge on any atom is 0.221 e. The summed E-state index contributed by atoms with van der Waals surface area (Å²) in [6.07, 6.45) is 6.49. The molecule has 28 heavy (non-hydrogen) atoms. The van der Waals surface area contributed by atoms with Gasteiger partial charge in [-0.2, -0.15) is 0 Å². The molecular formula is C22H35N3O3. The molecule has 0 radical (unpaired) electrons. The van der Waals surface area contributed by atoms with Crippen molar-refractivity contribution in [2.75, 3.05) is 39.8 Å². The van der Waals surface area contributed by atoms with Gasteiger partial charge in [0.25, 0.3) is 0 Å². The van der Waals surface area contributed by atoms with Crippen LogP contribution in [0.5, 0.6) is 5.75 Å². The number of hydrogen-bond donors (Lipinski definition) is 2. The molecule has 6 heteroatoms. The van der Waals surface area contributed by atoms with Gasteiger partial charge in [0.1, 0.15) is 18.5 Å². The molecule has 2 fully saturated rings. The summed E-state index contributed by atoms with van der Waals surface area (Å²) in [5, 5.41) is 13.3. The van der Waals surface area contributed by atoms with Crippen molar-refractivity contribution in [2.45, 2.75) is 57.2 Å². The lowest BCUT2D eigenvalue weighted by Gasteiger charge is -2.32. The highest BCUT2D eigenvalue weighted by atomic mass is 16.5. The van der Waals surface area contributed by atoms with Crippen LogP contribution in [0, 0.1) is 0 Å². The minimum absolute atomic E-state index is 0.131. The summed E-state index contributed by atoms with van der Waals surface area (Å²) in [4.78, 5) is 16.0. The van der Waals surface area contributed by atoms with Crippen molar-refractivity contribution in [3.05, 3.63) is 29.8 Å². The molecule has 1 aliphatic heterocycles. The maximum absolute atomic E-state index is 11.5. The molecule has 1 saturated carbocycles. The summed E-state index contributed by atoms with van der Waals surface area (Å²) in [6.45, 7) is 4.11. The third kappa shape index (κ3) is 6.76. The zero-order valence-corrected chi connectivity index (χ0v) is 17.1. The first-order valence-electron chi connectivity index (χ1n) is 10.7. The first-order valence-corrected chi connectivity index (χ1v) is 10.7. The minimum atomic E-state index is -0.488. The number of aliphatic hydroxyl groups excluding tert-OH is 1. The summed E-state index contributed by atoms with van der Waals surface area (Å²) < 4.78 is 5.87. The van der Waals surface area contributed by atoms with E-state index < -0.39 is 6.10 Å². The summed E-state index contributed by atoms with van der Waals surface area (Å²) in [5.74, 6) is 0.924. The minimum Gasteiger partial charge on any atom is -0.491 e. The van der Waals surface area contributed by atoms with E-state index in [0.717, 1.165) is 25.4 Å². The van der Waals surface area contributed by atoms with Gasteiger partial charge in [0.2, 0.25) is 5.91 Å². The smallest absolute Gasteiger partial charge is 0.221 e. The van der Waals surface area contributed by atoms with Crippen LogP contribution in [0.4, 0.5) is 0 Å². The zero-order valence-electron chi connectivity index (χ0n) is 17.1. The van der Waals surface area contributed by atoms with Gasteiger partial charge in [-0.3, -0.25) is 9.69 Å². The van der Waals surface area contributed by atoms with Crippen LogP contribution >= 0.6 is 0 Å². The van der Waals surface area contributed by atoms with E-state index in [0.29, 0.717) is 32.2 Å². The van der Waals surface area contributed by atoms with E-state index in [2.05, 4.69) is 28.2 Å². The van der Waals surface area contributed by atoms with Crippen molar-refractivity contribution in [3.8, 4) is 5.75 Å². The number of benzene rings is 1. The van der Waals surface area contributed by atoms with Crippen molar-refractivity contribution in [1.29, 1.82) is 0 Å². The number of amides is 1. The number of aliphatic hydroxyl groups is 1. The van der Waals surface area contributed by atoms with Crippen LogP contribution in [0.15, 0.2) is 24.3 Å². The Balaban J connectivity index is 1.44. The van der Waals surface area contributed by atoms with Gasteiger partial charge in [0, 0.05) is 45.2 Å². The van der Waals surface area contributed by atoms with Crippen LogP contribution in [0.2, 0.25) is 0 Å². The summed E-state index contributed by atoms with van der Waals surface area (Å²) >= 11 is 0. The van der Waals surface area contributed by atoms with Crippen molar-refractivity contribution < 1.29 is 14.6 Å². The Hall–Kier alpha value is -1.63. The third-order valence-electron chi connectivity index (χ3n) is 5.85. The lowest BCUT2D eigenvalue weighted by Crippen LogP contribution is -2.40. The van der Waals surface area contributed by atoms with Crippen molar-refractivity contribution >= 4 is 5.91 Å². The Kier molecular flexibility index (Phi) is 8.13. The molecule has 1 aromatic rings. The monoisotopic (exact) mass is 389 g/mol. The van der Waals surface area contributed by atoms with Crippen LogP contribution in [0.3, 0.4) is 0 Å². The molecule has 1 aliphatic carbocycles. The quantitative estimate of drug-likeness (QED) is 0.712. The highest BCUT2D eigenvalue weighted by Crippen LogP contribution is 2.22. The van der Waals surface area contributed by atoms with Crippen molar-refractivity contribution in [3.63, 3.8) is 0 Å². The molecule has 0 bridgehead atoms. The second-order valence-electron chi connectivity index (χ2n) is 8.22. The molecule has 1 aromatic carbocycles. The Morgan fingerprint density at radius 3 is 2.93 bits per heavy atom. The lowest BCUT2D eigenvalue weighted by atomic mass is 9.94.